The number of carboxylic acid groups (broad SMARTS) is 1. The molecular weight excluding hydrogens is 463 g/mol. The van der Waals surface area contributed by atoms with Gasteiger partial charge < -0.3 is 14.6 Å². The first-order chi connectivity index (χ1) is 16.6. The third-order valence-electron chi connectivity index (χ3n) is 6.11. The molecule has 0 saturated carbocycles. The molecule has 0 aliphatic carbocycles. The van der Waals surface area contributed by atoms with Gasteiger partial charge in [0, 0.05) is 38.2 Å². The van der Waals surface area contributed by atoms with E-state index >= 15 is 0 Å². The number of rotatable bonds is 3. The van der Waals surface area contributed by atoms with Crippen molar-refractivity contribution in [3.05, 3.63) is 65.6 Å². The second-order valence-corrected chi connectivity index (χ2v) is 8.44. The van der Waals surface area contributed by atoms with Crippen LogP contribution < -0.4 is 0 Å². The standard InChI is InChI=1S/C22H23N5O.C2HF3O2/c1-15-23-24-22-9-8-19-21(27(15)22)12-20(18-10-11-25(14-18)16(2)28)26(19)13-17-6-4-3-5-7-17;3-2(4,5)1(6)7/h3-9,12,18H,10-11,13-14H2,1-2H3;(H,6,7). The maximum absolute atomic E-state index is 11.9. The molecule has 1 unspecified atom stereocenters. The fraction of sp³-hybridized carbons (Fsp3) is 0.333. The summed E-state index contributed by atoms with van der Waals surface area (Å²) in [5.74, 6) is -1.37. The van der Waals surface area contributed by atoms with Crippen molar-refractivity contribution in [3.63, 3.8) is 0 Å². The molecule has 1 atom stereocenters. The molecule has 8 nitrogen and oxygen atoms in total. The molecule has 0 spiro atoms. The Labute approximate surface area is 198 Å². The Balaban J connectivity index is 0.000000364. The fourth-order valence-corrected chi connectivity index (χ4v) is 4.43. The quantitative estimate of drug-likeness (QED) is 0.472. The van der Waals surface area contributed by atoms with Crippen molar-refractivity contribution < 1.29 is 27.9 Å². The maximum Gasteiger partial charge on any atom is 0.490 e. The SMILES string of the molecule is CC(=O)N1CCC(c2cc3c(ccc4nnc(C)n43)n2Cc2ccccc2)C1.O=C(O)C(F)(F)F. The number of carbonyl (C=O) groups excluding carboxylic acids is 1. The lowest BCUT2D eigenvalue weighted by Crippen LogP contribution is -2.25. The van der Waals surface area contributed by atoms with Crippen LogP contribution in [0, 0.1) is 6.92 Å². The lowest BCUT2D eigenvalue weighted by Gasteiger charge is -2.17. The Morgan fingerprint density at radius 1 is 1.09 bits per heavy atom. The van der Waals surface area contributed by atoms with Crippen molar-refractivity contribution >= 4 is 28.6 Å². The molecular formula is C24H24F3N5O3. The number of halogens is 3. The van der Waals surface area contributed by atoms with Crippen LogP contribution in [0.15, 0.2) is 48.5 Å². The van der Waals surface area contributed by atoms with Gasteiger partial charge in [0.1, 0.15) is 5.82 Å². The minimum atomic E-state index is -5.08. The number of nitrogens with zero attached hydrogens (tertiary/aromatic N) is 5. The molecule has 35 heavy (non-hydrogen) atoms. The van der Waals surface area contributed by atoms with Crippen LogP contribution in [0.1, 0.15) is 36.3 Å². The molecule has 0 bridgehead atoms. The predicted molar refractivity (Wildman–Crippen MR) is 122 cm³/mol. The van der Waals surface area contributed by atoms with Gasteiger partial charge in [0.05, 0.1) is 11.0 Å². The van der Waals surface area contributed by atoms with Crippen LogP contribution in [0.25, 0.3) is 16.7 Å². The highest BCUT2D eigenvalue weighted by molar-refractivity contribution is 5.81. The Morgan fingerprint density at radius 2 is 1.77 bits per heavy atom. The first-order valence-electron chi connectivity index (χ1n) is 11.0. The van der Waals surface area contributed by atoms with Crippen LogP contribution >= 0.6 is 0 Å². The highest BCUT2D eigenvalue weighted by Gasteiger charge is 2.38. The van der Waals surface area contributed by atoms with Gasteiger partial charge in [-0.25, -0.2) is 4.79 Å². The second-order valence-electron chi connectivity index (χ2n) is 8.44. The van der Waals surface area contributed by atoms with Crippen molar-refractivity contribution in [2.75, 3.05) is 13.1 Å². The minimum Gasteiger partial charge on any atom is -0.475 e. The molecule has 1 amide bonds. The van der Waals surface area contributed by atoms with E-state index in [-0.39, 0.29) is 5.91 Å². The van der Waals surface area contributed by atoms with Gasteiger partial charge in [-0.2, -0.15) is 13.2 Å². The number of fused-ring (bicyclic) bond motifs is 3. The Morgan fingerprint density at radius 3 is 2.37 bits per heavy atom. The van der Waals surface area contributed by atoms with Gasteiger partial charge in [-0.1, -0.05) is 30.3 Å². The molecule has 1 aromatic carbocycles. The lowest BCUT2D eigenvalue weighted by atomic mass is 10.0. The van der Waals surface area contributed by atoms with E-state index in [9.17, 15) is 18.0 Å². The first kappa shape index (κ1) is 24.2. The summed E-state index contributed by atoms with van der Waals surface area (Å²) < 4.78 is 36.3. The van der Waals surface area contributed by atoms with Crippen molar-refractivity contribution in [2.45, 2.75) is 38.9 Å². The van der Waals surface area contributed by atoms with Crippen LogP contribution in [0.3, 0.4) is 0 Å². The van der Waals surface area contributed by atoms with Crippen molar-refractivity contribution in [1.29, 1.82) is 0 Å². The van der Waals surface area contributed by atoms with Crippen LogP contribution in [0.2, 0.25) is 0 Å². The van der Waals surface area contributed by atoms with Gasteiger partial charge in [-0.05, 0) is 37.1 Å². The zero-order chi connectivity index (χ0) is 25.3. The molecule has 4 heterocycles. The molecule has 3 aromatic heterocycles. The van der Waals surface area contributed by atoms with Crippen LogP contribution in [0.4, 0.5) is 13.2 Å². The van der Waals surface area contributed by atoms with Crippen LogP contribution in [-0.4, -0.2) is 60.3 Å². The molecule has 1 aliphatic heterocycles. The van der Waals surface area contributed by atoms with Crippen molar-refractivity contribution in [3.8, 4) is 0 Å². The Hall–Kier alpha value is -3.89. The number of aryl methyl sites for hydroxylation is 1. The van der Waals surface area contributed by atoms with E-state index in [4.69, 9.17) is 9.90 Å². The minimum absolute atomic E-state index is 0.158. The number of carbonyl (C=O) groups is 2. The summed E-state index contributed by atoms with van der Waals surface area (Å²) in [5.41, 5.74) is 5.72. The lowest BCUT2D eigenvalue weighted by molar-refractivity contribution is -0.192. The van der Waals surface area contributed by atoms with E-state index < -0.39 is 12.1 Å². The van der Waals surface area contributed by atoms with Gasteiger partial charge >= 0.3 is 12.1 Å². The summed E-state index contributed by atoms with van der Waals surface area (Å²) in [7, 11) is 0. The zero-order valence-electron chi connectivity index (χ0n) is 19.2. The number of amides is 1. The molecule has 184 valence electrons. The first-order valence-corrected chi connectivity index (χ1v) is 11.0. The zero-order valence-corrected chi connectivity index (χ0v) is 19.2. The van der Waals surface area contributed by atoms with E-state index in [1.165, 1.54) is 16.8 Å². The Bertz CT molecular complexity index is 1380. The molecule has 11 heteroatoms. The van der Waals surface area contributed by atoms with E-state index in [2.05, 4.69) is 55.6 Å². The van der Waals surface area contributed by atoms with Gasteiger partial charge in [0.25, 0.3) is 0 Å². The summed E-state index contributed by atoms with van der Waals surface area (Å²) in [6, 6.07) is 17.0. The number of alkyl halides is 3. The molecule has 5 rings (SSSR count). The van der Waals surface area contributed by atoms with E-state index in [0.29, 0.717) is 5.92 Å². The number of pyridine rings is 1. The second kappa shape index (κ2) is 9.40. The summed E-state index contributed by atoms with van der Waals surface area (Å²) in [5, 5.41) is 15.7. The average Bonchev–Trinajstić information content (AvgIpc) is 3.52. The van der Waals surface area contributed by atoms with Crippen molar-refractivity contribution in [2.24, 2.45) is 0 Å². The highest BCUT2D eigenvalue weighted by atomic mass is 19.4. The van der Waals surface area contributed by atoms with E-state index in [1.54, 1.807) is 6.92 Å². The number of carboxylic acids is 1. The van der Waals surface area contributed by atoms with Crippen molar-refractivity contribution in [1.82, 2.24) is 24.1 Å². The molecule has 4 aromatic rings. The normalized spacial score (nSPS) is 15.9. The predicted octanol–water partition coefficient (Wildman–Crippen LogP) is 4.01. The third-order valence-corrected chi connectivity index (χ3v) is 6.11. The number of benzene rings is 1. The average molecular weight is 487 g/mol. The number of hydrogen-bond donors (Lipinski definition) is 1. The maximum atomic E-state index is 11.9. The summed E-state index contributed by atoms with van der Waals surface area (Å²) in [6.45, 7) is 6.06. The number of likely N-dealkylation sites (tertiary alicyclic amines) is 1. The van der Waals surface area contributed by atoms with E-state index in [0.717, 1.165) is 43.0 Å². The molecule has 0 radical (unpaired) electrons. The third kappa shape index (κ3) is 4.98. The summed E-state index contributed by atoms with van der Waals surface area (Å²) >= 11 is 0. The van der Waals surface area contributed by atoms with Gasteiger partial charge in [-0.3, -0.25) is 9.20 Å². The smallest absolute Gasteiger partial charge is 0.475 e. The van der Waals surface area contributed by atoms with Gasteiger partial charge in [0.15, 0.2) is 5.65 Å². The topological polar surface area (TPSA) is 92.7 Å². The van der Waals surface area contributed by atoms with Gasteiger partial charge in [-0.15, -0.1) is 10.2 Å². The van der Waals surface area contributed by atoms with E-state index in [1.807, 2.05) is 24.0 Å². The molecule has 1 aliphatic rings. The number of aromatic nitrogens is 4. The fourth-order valence-electron chi connectivity index (χ4n) is 4.43. The molecule has 1 N–H and O–H groups in total. The highest BCUT2D eigenvalue weighted by Crippen LogP contribution is 2.33. The van der Waals surface area contributed by atoms with Crippen LogP contribution in [0.5, 0.6) is 0 Å². The summed E-state index contributed by atoms with van der Waals surface area (Å²) in [6.07, 6.45) is -4.09. The molecule has 1 fully saturated rings. The molecule has 1 saturated heterocycles. The van der Waals surface area contributed by atoms with Gasteiger partial charge in [0.2, 0.25) is 5.91 Å². The van der Waals surface area contributed by atoms with Crippen LogP contribution in [-0.2, 0) is 16.1 Å². The number of aliphatic carboxylic acids is 1. The summed E-state index contributed by atoms with van der Waals surface area (Å²) in [4.78, 5) is 22.7. The number of hydrogen-bond acceptors (Lipinski definition) is 4. The largest absolute Gasteiger partial charge is 0.490 e. The Kier molecular flexibility index (Phi) is 6.51. The monoisotopic (exact) mass is 487 g/mol.